The van der Waals surface area contributed by atoms with Crippen molar-refractivity contribution in [2.75, 3.05) is 14.2 Å². The number of phenolic OH excluding ortho intramolecular Hbond substituents is 1. The van der Waals surface area contributed by atoms with Crippen molar-refractivity contribution < 1.29 is 48.3 Å². The second-order valence-electron chi connectivity index (χ2n) is 6.19. The summed E-state index contributed by atoms with van der Waals surface area (Å²) in [5.74, 6) is -4.17. The molecule has 1 fully saturated rings. The normalized spacial score (nSPS) is 21.7. The number of benzene rings is 1. The molecule has 1 aliphatic rings. The maximum absolute atomic E-state index is 12.3. The van der Waals surface area contributed by atoms with Crippen LogP contribution in [0.5, 0.6) is 11.5 Å². The fourth-order valence-electron chi connectivity index (χ4n) is 2.75. The van der Waals surface area contributed by atoms with Gasteiger partial charge in [0.25, 0.3) is 0 Å². The summed E-state index contributed by atoms with van der Waals surface area (Å²) in [6, 6.07) is 4.31. The molecule has 0 saturated carbocycles. The van der Waals surface area contributed by atoms with E-state index < -0.39 is 42.0 Å². The molecule has 0 aromatic heterocycles. The number of cyclic esters (lactones) is 1. The number of esters is 3. The highest BCUT2D eigenvalue weighted by Crippen LogP contribution is 2.31. The number of rotatable bonds is 6. The molecule has 2 unspecified atom stereocenters. The highest BCUT2D eigenvalue weighted by molar-refractivity contribution is 5.91. The Kier molecular flexibility index (Phi) is 6.81. The number of methoxy groups -OCH3 is 2. The summed E-state index contributed by atoms with van der Waals surface area (Å²) in [6.45, 7) is 0. The highest BCUT2D eigenvalue weighted by Gasteiger charge is 2.49. The minimum atomic E-state index is -2.14. The highest BCUT2D eigenvalue weighted by atomic mass is 16.6. The van der Waals surface area contributed by atoms with Crippen molar-refractivity contribution in [3.63, 3.8) is 0 Å². The van der Waals surface area contributed by atoms with E-state index in [4.69, 9.17) is 14.2 Å². The molecule has 10 nitrogen and oxygen atoms in total. The number of aliphatic carboxylic acids is 1. The number of phenols is 1. The molecule has 2 atom stereocenters. The lowest BCUT2D eigenvalue weighted by Crippen LogP contribution is -2.46. The smallest absolute Gasteiger partial charge is 0.348 e. The Labute approximate surface area is 165 Å². The molecule has 0 bridgehead atoms. The molecule has 0 radical (unpaired) electrons. The zero-order valence-electron chi connectivity index (χ0n) is 15.7. The van der Waals surface area contributed by atoms with Crippen molar-refractivity contribution >= 4 is 30.0 Å². The monoisotopic (exact) mass is 408 g/mol. The predicted octanol–water partition coefficient (Wildman–Crippen LogP) is 1.05. The van der Waals surface area contributed by atoms with Crippen molar-refractivity contribution in [3.8, 4) is 11.5 Å². The van der Waals surface area contributed by atoms with Crippen molar-refractivity contribution in [2.24, 2.45) is 0 Å². The van der Waals surface area contributed by atoms with Gasteiger partial charge in [0.05, 0.1) is 14.2 Å². The lowest BCUT2D eigenvalue weighted by molar-refractivity contribution is -0.182. The molecule has 10 heteroatoms. The van der Waals surface area contributed by atoms with Gasteiger partial charge in [0.15, 0.2) is 11.5 Å². The van der Waals surface area contributed by atoms with E-state index in [0.717, 1.165) is 13.2 Å². The topological polar surface area (TPSA) is 146 Å². The zero-order chi connectivity index (χ0) is 21.6. The minimum Gasteiger partial charge on any atom is -0.504 e. The lowest BCUT2D eigenvalue weighted by atomic mass is 9.91. The number of hydrogen-bond acceptors (Lipinski definition) is 9. The Balaban J connectivity index is 2.22. The summed E-state index contributed by atoms with van der Waals surface area (Å²) in [6.07, 6.45) is -0.488. The van der Waals surface area contributed by atoms with Gasteiger partial charge in [-0.3, -0.25) is 4.79 Å². The van der Waals surface area contributed by atoms with Crippen molar-refractivity contribution in [3.05, 3.63) is 29.8 Å². The van der Waals surface area contributed by atoms with E-state index in [1.165, 1.54) is 31.4 Å². The molecule has 2 rings (SSSR count). The molecule has 29 heavy (non-hydrogen) atoms. The van der Waals surface area contributed by atoms with Crippen LogP contribution in [0.15, 0.2) is 24.3 Å². The summed E-state index contributed by atoms with van der Waals surface area (Å²) in [4.78, 5) is 47.6. The van der Waals surface area contributed by atoms with E-state index in [9.17, 15) is 29.4 Å². The Morgan fingerprint density at radius 1 is 1.28 bits per heavy atom. The zero-order valence-corrected chi connectivity index (χ0v) is 15.7. The van der Waals surface area contributed by atoms with Gasteiger partial charge in [-0.05, 0) is 23.8 Å². The minimum absolute atomic E-state index is 0.0889. The first-order chi connectivity index (χ1) is 13.7. The van der Waals surface area contributed by atoms with Crippen LogP contribution < -0.4 is 4.74 Å². The van der Waals surface area contributed by atoms with Crippen LogP contribution in [0, 0.1) is 0 Å². The SMILES string of the molecule is COC(=O)C1CC(OC(=O)C=Cc2ccc(O)c(OC)c2)(C(=O)O)CCC(=O)O1. The van der Waals surface area contributed by atoms with Crippen LogP contribution in [0.1, 0.15) is 24.8 Å². The van der Waals surface area contributed by atoms with Gasteiger partial charge in [0.1, 0.15) is 0 Å². The average Bonchev–Trinajstić information content (AvgIpc) is 2.86. The van der Waals surface area contributed by atoms with E-state index in [-0.39, 0.29) is 24.3 Å². The number of carbonyl (C=O) groups is 4. The standard InChI is InChI=1S/C19H20O10/c1-26-13-9-11(3-5-12(13)20)4-6-16(22)29-19(18(24)25)8-7-15(21)28-14(10-19)17(23)27-2/h3-6,9,14,20H,7-8,10H2,1-2H3,(H,24,25). The van der Waals surface area contributed by atoms with Crippen molar-refractivity contribution in [1.82, 2.24) is 0 Å². The number of hydrogen-bond donors (Lipinski definition) is 2. The second-order valence-corrected chi connectivity index (χ2v) is 6.19. The molecule has 0 amide bonds. The summed E-state index contributed by atoms with van der Waals surface area (Å²) < 4.78 is 19.5. The first kappa shape index (κ1) is 21.7. The van der Waals surface area contributed by atoms with Gasteiger partial charge >= 0.3 is 23.9 Å². The summed E-state index contributed by atoms with van der Waals surface area (Å²) >= 11 is 0. The largest absolute Gasteiger partial charge is 0.504 e. The van der Waals surface area contributed by atoms with Gasteiger partial charge in [0.2, 0.25) is 11.7 Å². The number of aromatic hydroxyl groups is 1. The quantitative estimate of drug-likeness (QED) is 0.398. The fourth-order valence-corrected chi connectivity index (χ4v) is 2.75. The van der Waals surface area contributed by atoms with Crippen LogP contribution >= 0.6 is 0 Å². The Morgan fingerprint density at radius 2 is 2.00 bits per heavy atom. The third kappa shape index (κ3) is 5.24. The molecule has 156 valence electrons. The molecule has 1 heterocycles. The molecule has 2 N–H and O–H groups in total. The molecule has 1 aliphatic heterocycles. The van der Waals surface area contributed by atoms with E-state index in [1.54, 1.807) is 0 Å². The first-order valence-electron chi connectivity index (χ1n) is 8.49. The van der Waals surface area contributed by atoms with Gasteiger partial charge in [-0.2, -0.15) is 0 Å². The first-order valence-corrected chi connectivity index (χ1v) is 8.49. The number of carbonyl (C=O) groups excluding carboxylic acids is 3. The van der Waals surface area contributed by atoms with Crippen molar-refractivity contribution in [2.45, 2.75) is 31.0 Å². The van der Waals surface area contributed by atoms with Crippen LogP contribution in [0.3, 0.4) is 0 Å². The number of ether oxygens (including phenoxy) is 4. The van der Waals surface area contributed by atoms with Gasteiger partial charge in [-0.1, -0.05) is 6.07 Å². The Hall–Kier alpha value is -3.56. The molecular formula is C19H20O10. The molecular weight excluding hydrogens is 388 g/mol. The summed E-state index contributed by atoms with van der Waals surface area (Å²) in [5.41, 5.74) is -1.66. The van der Waals surface area contributed by atoms with Crippen molar-refractivity contribution in [1.29, 1.82) is 0 Å². The van der Waals surface area contributed by atoms with E-state index in [2.05, 4.69) is 4.74 Å². The van der Waals surface area contributed by atoms with E-state index in [0.29, 0.717) is 5.56 Å². The Bertz CT molecular complexity index is 843. The summed E-state index contributed by atoms with van der Waals surface area (Å²) in [7, 11) is 2.42. The second kappa shape index (κ2) is 9.09. The van der Waals surface area contributed by atoms with Crippen LogP contribution in [0.4, 0.5) is 0 Å². The number of carboxylic acid groups (broad SMARTS) is 1. The third-order valence-corrected chi connectivity index (χ3v) is 4.29. The number of carboxylic acids is 1. The summed E-state index contributed by atoms with van der Waals surface area (Å²) in [5, 5.41) is 19.2. The molecule has 0 aliphatic carbocycles. The van der Waals surface area contributed by atoms with Gasteiger partial charge in [-0.25, -0.2) is 14.4 Å². The van der Waals surface area contributed by atoms with Gasteiger partial charge in [-0.15, -0.1) is 0 Å². The van der Waals surface area contributed by atoms with Crippen LogP contribution in [0.25, 0.3) is 6.08 Å². The van der Waals surface area contributed by atoms with Gasteiger partial charge in [0, 0.05) is 25.3 Å². The Morgan fingerprint density at radius 3 is 2.62 bits per heavy atom. The molecule has 1 aromatic carbocycles. The van der Waals surface area contributed by atoms with Crippen LogP contribution in [-0.4, -0.2) is 60.0 Å². The van der Waals surface area contributed by atoms with E-state index in [1.807, 2.05) is 0 Å². The molecule has 0 spiro atoms. The average molecular weight is 408 g/mol. The molecule has 1 saturated heterocycles. The molecule has 1 aromatic rings. The van der Waals surface area contributed by atoms with Crippen LogP contribution in [-0.2, 0) is 33.4 Å². The fraction of sp³-hybridized carbons (Fsp3) is 0.368. The maximum atomic E-state index is 12.3. The van der Waals surface area contributed by atoms with Gasteiger partial charge < -0.3 is 29.2 Å². The maximum Gasteiger partial charge on any atom is 0.348 e. The van der Waals surface area contributed by atoms with Crippen LogP contribution in [0.2, 0.25) is 0 Å². The third-order valence-electron chi connectivity index (χ3n) is 4.29. The lowest BCUT2D eigenvalue weighted by Gasteiger charge is -2.28. The van der Waals surface area contributed by atoms with E-state index >= 15 is 0 Å². The predicted molar refractivity (Wildman–Crippen MR) is 95.9 cm³/mol.